The van der Waals surface area contributed by atoms with Gasteiger partial charge in [0.15, 0.2) is 0 Å². The van der Waals surface area contributed by atoms with Crippen LogP contribution in [0.2, 0.25) is 0 Å². The van der Waals surface area contributed by atoms with E-state index in [1.807, 2.05) is 36.4 Å². The molecule has 0 unspecified atom stereocenters. The van der Waals surface area contributed by atoms with Gasteiger partial charge in [0.1, 0.15) is 5.60 Å². The first-order valence-corrected chi connectivity index (χ1v) is 7.14. The minimum Gasteiger partial charge on any atom is -0.478 e. The Morgan fingerprint density at radius 3 is 2.17 bits per heavy atom. The third-order valence-electron chi connectivity index (χ3n) is 2.35. The molecule has 1 aromatic rings. The molecular weight excluding hydrogens is 292 g/mol. The van der Waals surface area contributed by atoms with Crippen LogP contribution in [0.3, 0.4) is 0 Å². The smallest absolute Gasteiger partial charge is 0.334 e. The second kappa shape index (κ2) is 10.2. The third-order valence-corrected chi connectivity index (χ3v) is 2.35. The van der Waals surface area contributed by atoms with Crippen molar-refractivity contribution in [2.75, 3.05) is 0 Å². The molecule has 1 N–H and O–H groups in total. The highest BCUT2D eigenvalue weighted by Gasteiger charge is 2.17. The number of aliphatic carboxylic acids is 1. The number of esters is 1. The summed E-state index contributed by atoms with van der Waals surface area (Å²) >= 11 is 0. The average Bonchev–Trinajstić information content (AvgIpc) is 2.46. The van der Waals surface area contributed by atoms with Gasteiger partial charge in [-0.05, 0) is 32.8 Å². The molecule has 0 aliphatic heterocycles. The molecule has 0 fully saturated rings. The van der Waals surface area contributed by atoms with Crippen LogP contribution < -0.4 is 0 Å². The molecule has 0 aromatic heterocycles. The summed E-state index contributed by atoms with van der Waals surface area (Å²) < 4.78 is 5.04. The van der Waals surface area contributed by atoms with Crippen molar-refractivity contribution in [1.82, 2.24) is 0 Å². The van der Waals surface area contributed by atoms with Crippen molar-refractivity contribution in [1.29, 1.82) is 0 Å². The molecule has 0 amide bonds. The number of rotatable bonds is 5. The van der Waals surface area contributed by atoms with E-state index in [-0.39, 0.29) is 12.0 Å². The highest BCUT2D eigenvalue weighted by atomic mass is 16.6. The molecule has 0 bridgehead atoms. The van der Waals surface area contributed by atoms with Gasteiger partial charge in [0.2, 0.25) is 0 Å². The first-order valence-electron chi connectivity index (χ1n) is 7.14. The lowest BCUT2D eigenvalue weighted by molar-refractivity contribution is -0.150. The monoisotopic (exact) mass is 316 g/mol. The van der Waals surface area contributed by atoms with Crippen molar-refractivity contribution >= 4 is 18.0 Å². The fourth-order valence-corrected chi connectivity index (χ4v) is 1.32. The summed E-state index contributed by atoms with van der Waals surface area (Å²) in [6.45, 7) is 12.4. The van der Waals surface area contributed by atoms with Crippen molar-refractivity contribution in [3.8, 4) is 0 Å². The van der Waals surface area contributed by atoms with Gasteiger partial charge in [0.25, 0.3) is 0 Å². The molecule has 0 aliphatic rings. The van der Waals surface area contributed by atoms with Crippen molar-refractivity contribution in [2.24, 2.45) is 0 Å². The largest absolute Gasteiger partial charge is 0.478 e. The third kappa shape index (κ3) is 11.7. The van der Waals surface area contributed by atoms with E-state index in [4.69, 9.17) is 9.84 Å². The summed E-state index contributed by atoms with van der Waals surface area (Å²) in [4.78, 5) is 21.5. The normalized spacial score (nSPS) is 10.4. The number of carboxylic acids is 1. The molecule has 1 aromatic carbocycles. The lowest BCUT2D eigenvalue weighted by Crippen LogP contribution is -2.24. The number of carboxylic acid groups (broad SMARTS) is 1. The summed E-state index contributed by atoms with van der Waals surface area (Å²) in [6, 6.07) is 10.0. The Bertz CT molecular complexity index is 563. The van der Waals surface area contributed by atoms with Crippen molar-refractivity contribution in [3.63, 3.8) is 0 Å². The molecule has 0 spiro atoms. The van der Waals surface area contributed by atoms with Gasteiger partial charge in [0, 0.05) is 11.6 Å². The van der Waals surface area contributed by atoms with Crippen LogP contribution in [-0.4, -0.2) is 22.6 Å². The first kappa shape index (κ1) is 20.4. The SMILES string of the molecule is C=C(CC=CC(=O)O)C(=O)OC(C)(C)C.C=Cc1ccccc1. The maximum atomic E-state index is 11.3. The topological polar surface area (TPSA) is 63.6 Å². The van der Waals surface area contributed by atoms with Crippen LogP contribution >= 0.6 is 0 Å². The fraction of sp³-hybridized carbons (Fsp3) is 0.263. The molecule has 4 heteroatoms. The summed E-state index contributed by atoms with van der Waals surface area (Å²) in [7, 11) is 0. The van der Waals surface area contributed by atoms with Crippen molar-refractivity contribution in [3.05, 3.63) is 66.8 Å². The number of hydrogen-bond donors (Lipinski definition) is 1. The Labute approximate surface area is 137 Å². The molecule has 0 atom stereocenters. The lowest BCUT2D eigenvalue weighted by Gasteiger charge is -2.19. The maximum Gasteiger partial charge on any atom is 0.334 e. The van der Waals surface area contributed by atoms with E-state index in [2.05, 4.69) is 13.2 Å². The van der Waals surface area contributed by atoms with E-state index in [9.17, 15) is 9.59 Å². The van der Waals surface area contributed by atoms with Crippen LogP contribution in [0.1, 0.15) is 32.8 Å². The van der Waals surface area contributed by atoms with E-state index in [0.29, 0.717) is 0 Å². The quantitative estimate of drug-likeness (QED) is 0.651. The molecule has 23 heavy (non-hydrogen) atoms. The molecule has 0 heterocycles. The second-order valence-corrected chi connectivity index (χ2v) is 5.66. The molecule has 0 saturated carbocycles. The summed E-state index contributed by atoms with van der Waals surface area (Å²) in [5.74, 6) is -1.55. The first-order chi connectivity index (χ1) is 10.7. The molecule has 124 valence electrons. The highest BCUT2D eigenvalue weighted by molar-refractivity contribution is 5.88. The zero-order valence-corrected chi connectivity index (χ0v) is 13.9. The molecule has 0 saturated heterocycles. The number of carbonyl (C=O) groups is 2. The van der Waals surface area contributed by atoms with Gasteiger partial charge < -0.3 is 9.84 Å². The predicted octanol–water partition coefficient (Wildman–Crippen LogP) is 4.24. The van der Waals surface area contributed by atoms with Gasteiger partial charge in [0.05, 0.1) is 0 Å². The summed E-state index contributed by atoms with van der Waals surface area (Å²) in [5.41, 5.74) is 0.853. The minimum atomic E-state index is -1.05. The fourth-order valence-electron chi connectivity index (χ4n) is 1.32. The number of carbonyl (C=O) groups excluding carboxylic acids is 1. The summed E-state index contributed by atoms with van der Waals surface area (Å²) in [6.07, 6.45) is 4.34. The average molecular weight is 316 g/mol. The summed E-state index contributed by atoms with van der Waals surface area (Å²) in [5, 5.41) is 8.32. The number of benzene rings is 1. The predicted molar refractivity (Wildman–Crippen MR) is 92.9 cm³/mol. The zero-order chi connectivity index (χ0) is 17.9. The van der Waals surface area contributed by atoms with Crippen LogP contribution in [0, 0.1) is 0 Å². The van der Waals surface area contributed by atoms with Crippen LogP contribution in [0.4, 0.5) is 0 Å². The van der Waals surface area contributed by atoms with E-state index in [1.165, 1.54) is 11.6 Å². The molecule has 0 aliphatic carbocycles. The van der Waals surface area contributed by atoms with E-state index in [1.54, 1.807) is 20.8 Å². The van der Waals surface area contributed by atoms with Crippen molar-refractivity contribution < 1.29 is 19.4 Å². The van der Waals surface area contributed by atoms with Gasteiger partial charge in [-0.3, -0.25) is 0 Å². The van der Waals surface area contributed by atoms with Crippen LogP contribution in [0.5, 0.6) is 0 Å². The second-order valence-electron chi connectivity index (χ2n) is 5.66. The Hall–Kier alpha value is -2.62. The Morgan fingerprint density at radius 2 is 1.78 bits per heavy atom. The number of hydrogen-bond acceptors (Lipinski definition) is 3. The van der Waals surface area contributed by atoms with E-state index >= 15 is 0 Å². The van der Waals surface area contributed by atoms with Gasteiger partial charge in [-0.15, -0.1) is 0 Å². The van der Waals surface area contributed by atoms with Gasteiger partial charge in [-0.1, -0.05) is 55.6 Å². The Balaban J connectivity index is 0.000000502. The number of allylic oxidation sites excluding steroid dienone is 1. The van der Waals surface area contributed by atoms with Gasteiger partial charge in [-0.2, -0.15) is 0 Å². The molecule has 0 radical (unpaired) electrons. The minimum absolute atomic E-state index is 0.182. The van der Waals surface area contributed by atoms with Crippen LogP contribution in [-0.2, 0) is 14.3 Å². The lowest BCUT2D eigenvalue weighted by atomic mass is 10.1. The van der Waals surface area contributed by atoms with Crippen LogP contribution in [0.15, 0.2) is 61.2 Å². The Kier molecular flexibility index (Phi) is 9.01. The van der Waals surface area contributed by atoms with Crippen LogP contribution in [0.25, 0.3) is 6.08 Å². The standard InChI is InChI=1S/C11H16O4.C8H8/c1-8(6-5-7-9(12)13)10(14)15-11(2,3)4;1-2-8-6-4-3-5-7-8/h5,7H,1,6H2,2-4H3,(H,12,13);2-7H,1H2. The van der Waals surface area contributed by atoms with Gasteiger partial charge >= 0.3 is 11.9 Å². The molecular formula is C19H24O4. The highest BCUT2D eigenvalue weighted by Crippen LogP contribution is 2.12. The van der Waals surface area contributed by atoms with E-state index in [0.717, 1.165) is 6.08 Å². The Morgan fingerprint density at radius 1 is 1.22 bits per heavy atom. The van der Waals surface area contributed by atoms with Gasteiger partial charge in [-0.25, -0.2) is 9.59 Å². The van der Waals surface area contributed by atoms with E-state index < -0.39 is 17.5 Å². The molecule has 4 nitrogen and oxygen atoms in total. The number of ether oxygens (including phenoxy) is 1. The van der Waals surface area contributed by atoms with Crippen molar-refractivity contribution in [2.45, 2.75) is 32.8 Å². The maximum absolute atomic E-state index is 11.3. The zero-order valence-electron chi connectivity index (χ0n) is 13.9. The molecule has 1 rings (SSSR count).